The summed E-state index contributed by atoms with van der Waals surface area (Å²) >= 11 is 0. The fraction of sp³-hybridized carbons (Fsp3) is 0.571. The summed E-state index contributed by atoms with van der Waals surface area (Å²) in [6, 6.07) is 0. The normalized spacial score (nSPS) is 16.3. The number of aliphatic hydroxyl groups is 6. The molecule has 1 amide bonds. The van der Waals surface area contributed by atoms with Gasteiger partial charge in [0.15, 0.2) is 6.10 Å². The number of rotatable bonds is 8. The largest absolute Gasteiger partial charge is 0.506 e. The molecule has 4 atom stereocenters. The molecule has 0 aliphatic carbocycles. The van der Waals surface area contributed by atoms with Crippen molar-refractivity contribution in [3.63, 3.8) is 0 Å². The minimum Gasteiger partial charge on any atom is -0.506 e. The average molecular weight is 346 g/mol. The molecular formula is C14H22N2O8. The number of aliphatic hydroxyl groups excluding tert-OH is 6. The van der Waals surface area contributed by atoms with E-state index in [0.717, 1.165) is 0 Å². The van der Waals surface area contributed by atoms with E-state index >= 15 is 0 Å². The molecule has 0 radical (unpaired) electrons. The topological polar surface area (TPSA) is 184 Å². The van der Waals surface area contributed by atoms with Crippen LogP contribution in [0.2, 0.25) is 0 Å². The lowest BCUT2D eigenvalue weighted by Crippen LogP contribution is -2.51. The van der Waals surface area contributed by atoms with Gasteiger partial charge in [-0.25, -0.2) is 0 Å². The van der Waals surface area contributed by atoms with E-state index in [2.05, 4.69) is 10.3 Å². The Labute approximate surface area is 137 Å². The molecule has 1 heterocycles. The summed E-state index contributed by atoms with van der Waals surface area (Å²) in [7, 11) is 0. The second kappa shape index (κ2) is 8.87. The number of aromatic nitrogens is 1. The zero-order valence-corrected chi connectivity index (χ0v) is 13.0. The number of pyridine rings is 1. The molecule has 10 nitrogen and oxygen atoms in total. The summed E-state index contributed by atoms with van der Waals surface area (Å²) in [4.78, 5) is 15.7. The molecule has 10 heteroatoms. The minimum atomic E-state index is -2.08. The maximum absolute atomic E-state index is 11.8. The van der Waals surface area contributed by atoms with Crippen molar-refractivity contribution in [2.45, 2.75) is 44.5 Å². The van der Waals surface area contributed by atoms with Crippen LogP contribution in [0.3, 0.4) is 0 Å². The minimum absolute atomic E-state index is 0.191. The van der Waals surface area contributed by atoms with E-state index in [1.54, 1.807) is 0 Å². The van der Waals surface area contributed by atoms with Gasteiger partial charge in [-0.1, -0.05) is 0 Å². The third-order valence-corrected chi connectivity index (χ3v) is 3.56. The molecular weight excluding hydrogens is 324 g/mol. The predicted octanol–water partition coefficient (Wildman–Crippen LogP) is -3.36. The molecule has 0 saturated heterocycles. The Balaban J connectivity index is 2.78. The predicted molar refractivity (Wildman–Crippen MR) is 79.5 cm³/mol. The van der Waals surface area contributed by atoms with E-state index in [9.17, 15) is 35.4 Å². The molecule has 0 aromatic carbocycles. The zero-order valence-electron chi connectivity index (χ0n) is 13.0. The molecule has 136 valence electrons. The Morgan fingerprint density at radius 2 is 1.83 bits per heavy atom. The molecule has 24 heavy (non-hydrogen) atoms. The molecule has 0 spiro atoms. The lowest BCUT2D eigenvalue weighted by atomic mass is 10.0. The van der Waals surface area contributed by atoms with E-state index in [0.29, 0.717) is 0 Å². The molecule has 1 aromatic rings. The van der Waals surface area contributed by atoms with Crippen molar-refractivity contribution >= 4 is 5.91 Å². The summed E-state index contributed by atoms with van der Waals surface area (Å²) in [6.45, 7) is -0.0470. The Morgan fingerprint density at radius 3 is 2.38 bits per heavy atom. The third-order valence-electron chi connectivity index (χ3n) is 3.56. The highest BCUT2D eigenvalue weighted by Gasteiger charge is 2.34. The number of hydrogen-bond acceptors (Lipinski definition) is 9. The number of aryl methyl sites for hydroxylation is 1. The van der Waals surface area contributed by atoms with Gasteiger partial charge in [-0.05, 0) is 6.92 Å². The number of amides is 1. The number of nitrogens with one attached hydrogen (secondary N) is 1. The molecule has 0 aliphatic heterocycles. The molecule has 0 saturated carbocycles. The molecule has 0 aliphatic rings. The highest BCUT2D eigenvalue weighted by Crippen LogP contribution is 2.23. The van der Waals surface area contributed by atoms with Crippen molar-refractivity contribution in [2.24, 2.45) is 0 Å². The number of carbonyl (C=O) groups excluding carboxylic acids is 1. The fourth-order valence-electron chi connectivity index (χ4n) is 1.98. The average Bonchev–Trinajstić information content (AvgIpc) is 2.59. The zero-order chi connectivity index (χ0) is 18.4. The van der Waals surface area contributed by atoms with Gasteiger partial charge >= 0.3 is 0 Å². The van der Waals surface area contributed by atoms with E-state index in [1.165, 1.54) is 13.1 Å². The van der Waals surface area contributed by atoms with E-state index in [-0.39, 0.29) is 29.1 Å². The molecule has 1 rings (SSSR count). The van der Waals surface area contributed by atoms with Crippen molar-refractivity contribution in [1.82, 2.24) is 10.3 Å². The quantitative estimate of drug-likeness (QED) is 0.238. The first kappa shape index (κ1) is 20.2. The van der Waals surface area contributed by atoms with Crippen LogP contribution in [0.1, 0.15) is 16.8 Å². The second-order valence-corrected chi connectivity index (χ2v) is 5.25. The lowest BCUT2D eigenvalue weighted by Gasteiger charge is -2.25. The standard InChI is InChI=1S/C14H22N2O8/c1-6-10(20)8(7(4-17)2-15-6)3-16-14(24)13(23)12(22)11(21)9(19)5-18/h2,9,11-13,17-23H,3-5H2,1H3,(H,16,24)/t9-,11+,12-,13+/m1/s1. The first-order valence-electron chi connectivity index (χ1n) is 7.12. The van der Waals surface area contributed by atoms with Crippen molar-refractivity contribution < 1.29 is 40.5 Å². The van der Waals surface area contributed by atoms with Gasteiger partial charge < -0.3 is 41.1 Å². The monoisotopic (exact) mass is 346 g/mol. The summed E-state index contributed by atoms with van der Waals surface area (Å²) in [5, 5.41) is 68.0. The summed E-state index contributed by atoms with van der Waals surface area (Å²) < 4.78 is 0. The SMILES string of the molecule is Cc1ncc(CO)c(CNC(=O)[C@@H](O)[C@H](O)[C@@H](O)[C@H](O)CO)c1O. The Morgan fingerprint density at radius 1 is 1.21 bits per heavy atom. The van der Waals surface area contributed by atoms with Crippen LogP contribution in [-0.4, -0.2) is 77.7 Å². The van der Waals surface area contributed by atoms with Gasteiger partial charge in [-0.15, -0.1) is 0 Å². The molecule has 0 fully saturated rings. The highest BCUT2D eigenvalue weighted by atomic mass is 16.4. The second-order valence-electron chi connectivity index (χ2n) is 5.25. The smallest absolute Gasteiger partial charge is 0.251 e. The number of nitrogens with zero attached hydrogens (tertiary/aromatic N) is 1. The van der Waals surface area contributed by atoms with Crippen LogP contribution in [0.15, 0.2) is 6.20 Å². The van der Waals surface area contributed by atoms with Crippen molar-refractivity contribution in [1.29, 1.82) is 0 Å². The van der Waals surface area contributed by atoms with Crippen LogP contribution in [0.5, 0.6) is 5.75 Å². The molecule has 0 unspecified atom stereocenters. The highest BCUT2D eigenvalue weighted by molar-refractivity contribution is 5.81. The molecule has 8 N–H and O–H groups in total. The Hall–Kier alpha value is -1.82. The van der Waals surface area contributed by atoms with Gasteiger partial charge in [0.1, 0.15) is 24.1 Å². The van der Waals surface area contributed by atoms with Gasteiger partial charge in [-0.2, -0.15) is 0 Å². The van der Waals surface area contributed by atoms with Gasteiger partial charge in [0, 0.05) is 23.9 Å². The number of carbonyl (C=O) groups is 1. The first-order valence-corrected chi connectivity index (χ1v) is 7.12. The van der Waals surface area contributed by atoms with E-state index in [1.807, 2.05) is 0 Å². The van der Waals surface area contributed by atoms with Crippen LogP contribution in [0, 0.1) is 6.92 Å². The fourth-order valence-corrected chi connectivity index (χ4v) is 1.98. The van der Waals surface area contributed by atoms with Crippen molar-refractivity contribution in [3.8, 4) is 5.75 Å². The summed E-state index contributed by atoms with van der Waals surface area (Å²) in [5.41, 5.74) is 0.735. The van der Waals surface area contributed by atoms with Crippen LogP contribution in [0.4, 0.5) is 0 Å². The van der Waals surface area contributed by atoms with Crippen LogP contribution in [-0.2, 0) is 17.9 Å². The summed E-state index contributed by atoms with van der Waals surface area (Å²) in [6.07, 6.45) is -6.44. The van der Waals surface area contributed by atoms with Crippen LogP contribution in [0.25, 0.3) is 0 Å². The Kier molecular flexibility index (Phi) is 7.48. The maximum Gasteiger partial charge on any atom is 0.251 e. The van der Waals surface area contributed by atoms with Gasteiger partial charge in [0.2, 0.25) is 0 Å². The molecule has 1 aromatic heterocycles. The van der Waals surface area contributed by atoms with E-state index < -0.39 is 43.5 Å². The van der Waals surface area contributed by atoms with Gasteiger partial charge in [-0.3, -0.25) is 9.78 Å². The van der Waals surface area contributed by atoms with E-state index in [4.69, 9.17) is 5.11 Å². The third kappa shape index (κ3) is 4.60. The first-order chi connectivity index (χ1) is 11.2. The number of aromatic hydroxyl groups is 1. The van der Waals surface area contributed by atoms with Crippen molar-refractivity contribution in [2.75, 3.05) is 6.61 Å². The Bertz CT molecular complexity index is 568. The van der Waals surface area contributed by atoms with Gasteiger partial charge in [0.05, 0.1) is 18.9 Å². The lowest BCUT2D eigenvalue weighted by molar-refractivity contribution is -0.149. The number of hydrogen-bond donors (Lipinski definition) is 8. The van der Waals surface area contributed by atoms with Crippen LogP contribution >= 0.6 is 0 Å². The summed E-state index contributed by atoms with van der Waals surface area (Å²) in [5.74, 6) is -1.31. The van der Waals surface area contributed by atoms with Crippen LogP contribution < -0.4 is 5.32 Å². The van der Waals surface area contributed by atoms with Crippen molar-refractivity contribution in [3.05, 3.63) is 23.0 Å². The van der Waals surface area contributed by atoms with Gasteiger partial charge in [0.25, 0.3) is 5.91 Å². The molecule has 0 bridgehead atoms. The maximum atomic E-state index is 11.8.